The van der Waals surface area contributed by atoms with Crippen LogP contribution in [0.1, 0.15) is 6.92 Å². The van der Waals surface area contributed by atoms with Crippen molar-refractivity contribution in [1.82, 2.24) is 5.32 Å². The van der Waals surface area contributed by atoms with Crippen LogP contribution < -0.4 is 5.32 Å². The minimum absolute atomic E-state index is 0.240. The van der Waals surface area contributed by atoms with Gasteiger partial charge in [0.05, 0.1) is 6.54 Å². The Morgan fingerprint density at radius 2 is 2.45 bits per heavy atom. The maximum absolute atomic E-state index is 10.5. The van der Waals surface area contributed by atoms with Gasteiger partial charge >= 0.3 is 5.97 Å². The third-order valence-corrected chi connectivity index (χ3v) is 1.15. The number of hydrogen-bond acceptors (Lipinski definition) is 2. The summed E-state index contributed by atoms with van der Waals surface area (Å²) in [7, 11) is 0. The van der Waals surface area contributed by atoms with Crippen LogP contribution in [0.15, 0.2) is 12.2 Å². The van der Waals surface area contributed by atoms with Crippen LogP contribution in [0.2, 0.25) is 0 Å². The molecule has 0 saturated carbocycles. The van der Waals surface area contributed by atoms with E-state index in [0.29, 0.717) is 5.57 Å². The summed E-state index contributed by atoms with van der Waals surface area (Å²) in [4.78, 5) is 10.5. The third-order valence-electron chi connectivity index (χ3n) is 1.15. The summed E-state index contributed by atoms with van der Waals surface area (Å²) in [6.45, 7) is 5.40. The van der Waals surface area contributed by atoms with Gasteiger partial charge in [-0.2, -0.15) is 0 Å². The summed E-state index contributed by atoms with van der Waals surface area (Å²) in [6.07, 6.45) is 4.94. The molecule has 0 aliphatic carbocycles. The smallest absolute Gasteiger partial charge is 0.325 e. The molecule has 0 aromatic heterocycles. The zero-order valence-corrected chi connectivity index (χ0v) is 6.42. The van der Waals surface area contributed by atoms with Crippen molar-refractivity contribution >= 4 is 5.97 Å². The molecule has 0 aliphatic rings. The summed E-state index contributed by atoms with van der Waals surface area (Å²) in [6, 6.07) is -0.731. The Bertz CT molecular complexity index is 189. The maximum Gasteiger partial charge on any atom is 0.325 e. The second-order valence-electron chi connectivity index (χ2n) is 2.20. The van der Waals surface area contributed by atoms with E-state index in [1.807, 2.05) is 0 Å². The quantitative estimate of drug-likeness (QED) is 0.449. The summed E-state index contributed by atoms with van der Waals surface area (Å²) in [5.74, 6) is 1.34. The minimum atomic E-state index is -0.951. The zero-order valence-electron chi connectivity index (χ0n) is 6.42. The minimum Gasteiger partial charge on any atom is -0.480 e. The lowest BCUT2D eigenvalue weighted by Gasteiger charge is -2.11. The molecule has 1 atom stereocenters. The SMILES string of the molecule is C#CCNC(C(=C)C)C(=O)O. The van der Waals surface area contributed by atoms with E-state index in [1.54, 1.807) is 6.92 Å². The predicted molar refractivity (Wildman–Crippen MR) is 43.1 cm³/mol. The predicted octanol–water partition coefficient (Wildman–Crippen LogP) is 0.238. The number of nitrogens with one attached hydrogen (secondary N) is 1. The molecule has 60 valence electrons. The van der Waals surface area contributed by atoms with E-state index < -0.39 is 12.0 Å². The van der Waals surface area contributed by atoms with Gasteiger partial charge in [0.25, 0.3) is 0 Å². The van der Waals surface area contributed by atoms with Gasteiger partial charge in [-0.1, -0.05) is 18.1 Å². The zero-order chi connectivity index (χ0) is 8.85. The standard InChI is InChI=1S/C8H11NO2/c1-4-5-9-7(6(2)3)8(10)11/h1,7,9H,2,5H2,3H3,(H,10,11). The molecule has 1 unspecified atom stereocenters. The molecular formula is C8H11NO2. The summed E-state index contributed by atoms with van der Waals surface area (Å²) < 4.78 is 0. The molecule has 11 heavy (non-hydrogen) atoms. The number of carbonyl (C=O) groups is 1. The Hall–Kier alpha value is -1.27. The van der Waals surface area contributed by atoms with Crippen LogP contribution in [-0.2, 0) is 4.79 Å². The van der Waals surface area contributed by atoms with Gasteiger partial charge in [-0.15, -0.1) is 6.42 Å². The Morgan fingerprint density at radius 3 is 2.73 bits per heavy atom. The Kier molecular flexibility index (Phi) is 4.01. The van der Waals surface area contributed by atoms with Crippen LogP contribution in [0.3, 0.4) is 0 Å². The Morgan fingerprint density at radius 1 is 1.91 bits per heavy atom. The first-order valence-corrected chi connectivity index (χ1v) is 3.14. The van der Waals surface area contributed by atoms with Crippen molar-refractivity contribution < 1.29 is 9.90 Å². The maximum atomic E-state index is 10.5. The molecule has 3 heteroatoms. The van der Waals surface area contributed by atoms with E-state index in [9.17, 15) is 4.79 Å². The van der Waals surface area contributed by atoms with Gasteiger partial charge in [-0.3, -0.25) is 10.1 Å². The summed E-state index contributed by atoms with van der Waals surface area (Å²) in [5, 5.41) is 11.2. The van der Waals surface area contributed by atoms with Gasteiger partial charge in [-0.05, 0) is 6.92 Å². The number of aliphatic carboxylic acids is 1. The first-order valence-electron chi connectivity index (χ1n) is 3.14. The average Bonchev–Trinajstić information content (AvgIpc) is 1.87. The van der Waals surface area contributed by atoms with Crippen LogP contribution in [-0.4, -0.2) is 23.7 Å². The van der Waals surface area contributed by atoms with Gasteiger partial charge in [0.1, 0.15) is 6.04 Å². The molecule has 2 N–H and O–H groups in total. The van der Waals surface area contributed by atoms with Crippen molar-refractivity contribution in [1.29, 1.82) is 0 Å². The number of terminal acetylenes is 1. The fraction of sp³-hybridized carbons (Fsp3) is 0.375. The molecule has 0 fully saturated rings. The van der Waals surface area contributed by atoms with Crippen molar-refractivity contribution in [3.8, 4) is 12.3 Å². The van der Waals surface area contributed by atoms with E-state index >= 15 is 0 Å². The highest BCUT2D eigenvalue weighted by molar-refractivity contribution is 5.77. The molecule has 0 aromatic rings. The number of carboxylic acid groups (broad SMARTS) is 1. The normalized spacial score (nSPS) is 11.6. The lowest BCUT2D eigenvalue weighted by Crippen LogP contribution is -2.37. The van der Waals surface area contributed by atoms with Crippen molar-refractivity contribution in [2.75, 3.05) is 6.54 Å². The monoisotopic (exact) mass is 153 g/mol. The van der Waals surface area contributed by atoms with E-state index in [1.165, 1.54) is 0 Å². The highest BCUT2D eigenvalue weighted by Gasteiger charge is 2.15. The Labute approximate surface area is 66.1 Å². The molecule has 0 saturated heterocycles. The largest absolute Gasteiger partial charge is 0.480 e. The fourth-order valence-corrected chi connectivity index (χ4v) is 0.633. The van der Waals surface area contributed by atoms with Crippen LogP contribution >= 0.6 is 0 Å². The van der Waals surface area contributed by atoms with Crippen molar-refractivity contribution in [2.24, 2.45) is 0 Å². The molecular weight excluding hydrogens is 142 g/mol. The summed E-state index contributed by atoms with van der Waals surface area (Å²) in [5.41, 5.74) is 0.549. The first-order chi connectivity index (χ1) is 5.09. The third kappa shape index (κ3) is 3.43. The van der Waals surface area contributed by atoms with E-state index in [0.717, 1.165) is 0 Å². The number of hydrogen-bond donors (Lipinski definition) is 2. The highest BCUT2D eigenvalue weighted by atomic mass is 16.4. The van der Waals surface area contributed by atoms with Crippen LogP contribution in [0.5, 0.6) is 0 Å². The van der Waals surface area contributed by atoms with Gasteiger partial charge in [-0.25, -0.2) is 0 Å². The van der Waals surface area contributed by atoms with E-state index in [4.69, 9.17) is 11.5 Å². The molecule has 0 radical (unpaired) electrons. The fourth-order valence-electron chi connectivity index (χ4n) is 0.633. The Balaban J connectivity index is 4.03. The molecule has 0 aliphatic heterocycles. The molecule has 0 spiro atoms. The molecule has 0 amide bonds. The topological polar surface area (TPSA) is 49.3 Å². The van der Waals surface area contributed by atoms with Gasteiger partial charge in [0.2, 0.25) is 0 Å². The van der Waals surface area contributed by atoms with Gasteiger partial charge < -0.3 is 5.11 Å². The molecule has 3 nitrogen and oxygen atoms in total. The van der Waals surface area contributed by atoms with Gasteiger partial charge in [0.15, 0.2) is 0 Å². The van der Waals surface area contributed by atoms with E-state index in [-0.39, 0.29) is 6.54 Å². The number of rotatable bonds is 4. The molecule has 0 heterocycles. The van der Waals surface area contributed by atoms with E-state index in [2.05, 4.69) is 17.8 Å². The molecule has 0 rings (SSSR count). The lowest BCUT2D eigenvalue weighted by atomic mass is 10.1. The first kappa shape index (κ1) is 9.73. The highest BCUT2D eigenvalue weighted by Crippen LogP contribution is 1.96. The summed E-state index contributed by atoms with van der Waals surface area (Å²) >= 11 is 0. The van der Waals surface area contributed by atoms with Crippen molar-refractivity contribution in [2.45, 2.75) is 13.0 Å². The molecule has 0 bridgehead atoms. The van der Waals surface area contributed by atoms with Crippen molar-refractivity contribution in [3.05, 3.63) is 12.2 Å². The van der Waals surface area contributed by atoms with Crippen LogP contribution in [0.4, 0.5) is 0 Å². The van der Waals surface area contributed by atoms with Gasteiger partial charge in [0, 0.05) is 0 Å². The van der Waals surface area contributed by atoms with Crippen molar-refractivity contribution in [3.63, 3.8) is 0 Å². The second-order valence-corrected chi connectivity index (χ2v) is 2.20. The van der Waals surface area contributed by atoms with Crippen LogP contribution in [0.25, 0.3) is 0 Å². The second kappa shape index (κ2) is 4.53. The molecule has 0 aromatic carbocycles. The number of carboxylic acids is 1. The lowest BCUT2D eigenvalue weighted by molar-refractivity contribution is -0.138. The van der Waals surface area contributed by atoms with Crippen LogP contribution in [0, 0.1) is 12.3 Å². The average molecular weight is 153 g/mol.